The monoisotopic (exact) mass is 448 g/mol. The number of carbonyl (C=O) groups excluding carboxylic acids is 2. The van der Waals surface area contributed by atoms with Crippen molar-refractivity contribution in [2.45, 2.75) is 0 Å². The summed E-state index contributed by atoms with van der Waals surface area (Å²) in [5, 5.41) is 17.1. The predicted octanol–water partition coefficient (Wildman–Crippen LogP) is 3.16. The molecule has 0 aliphatic carbocycles. The van der Waals surface area contributed by atoms with Gasteiger partial charge in [0, 0.05) is 17.8 Å². The van der Waals surface area contributed by atoms with Gasteiger partial charge in [-0.1, -0.05) is 0 Å². The Hall–Kier alpha value is -4.60. The van der Waals surface area contributed by atoms with E-state index in [9.17, 15) is 14.7 Å². The summed E-state index contributed by atoms with van der Waals surface area (Å²) in [7, 11) is 4.34. The number of anilines is 1. The largest absolute Gasteiger partial charge is 0.506 e. The molecular weight excluding hydrogens is 428 g/mol. The minimum Gasteiger partial charge on any atom is -0.506 e. The van der Waals surface area contributed by atoms with Crippen LogP contribution in [0.15, 0.2) is 54.7 Å². The molecule has 0 saturated heterocycles. The molecule has 10 nitrogen and oxygen atoms in total. The van der Waals surface area contributed by atoms with E-state index in [2.05, 4.69) is 20.1 Å². The zero-order valence-corrected chi connectivity index (χ0v) is 18.0. The highest BCUT2D eigenvalue weighted by molar-refractivity contribution is 6.04. The van der Waals surface area contributed by atoms with Crippen LogP contribution in [0.3, 0.4) is 0 Å². The van der Waals surface area contributed by atoms with Crippen LogP contribution in [0.1, 0.15) is 20.8 Å². The van der Waals surface area contributed by atoms with Crippen LogP contribution < -0.4 is 14.8 Å². The molecule has 0 unspecified atom stereocenters. The number of esters is 1. The molecule has 10 heteroatoms. The maximum Gasteiger partial charge on any atom is 0.337 e. The summed E-state index contributed by atoms with van der Waals surface area (Å²) < 4.78 is 16.8. The number of aromatic hydroxyl groups is 1. The number of hydrogen-bond acceptors (Lipinski definition) is 8. The molecule has 1 amide bonds. The van der Waals surface area contributed by atoms with E-state index in [1.165, 1.54) is 35.9 Å². The summed E-state index contributed by atoms with van der Waals surface area (Å²) in [4.78, 5) is 28.7. The van der Waals surface area contributed by atoms with Crippen molar-refractivity contribution in [2.75, 3.05) is 26.6 Å². The highest BCUT2D eigenvalue weighted by atomic mass is 16.5. The molecule has 2 aromatic carbocycles. The highest BCUT2D eigenvalue weighted by Crippen LogP contribution is 2.32. The number of fused-ring (bicyclic) bond motifs is 1. The number of nitrogens with zero attached hydrogens (tertiary/aromatic N) is 3. The van der Waals surface area contributed by atoms with Gasteiger partial charge in [-0.15, -0.1) is 0 Å². The average molecular weight is 448 g/mol. The standard InChI is InChI=1S/C23H20N4O6/c1-31-19-7-5-13(11-20(19)32-2)17-8-9-24-21-12-16(26-27(17)21)22(29)25-15-6-4-14(10-18(15)28)23(30)33-3/h4-12,28H,1-3H3,(H,25,29). The van der Waals surface area contributed by atoms with Crippen molar-refractivity contribution in [1.29, 1.82) is 0 Å². The topological polar surface area (TPSA) is 124 Å². The third-order valence-electron chi connectivity index (χ3n) is 4.94. The molecule has 4 aromatic rings. The maximum atomic E-state index is 12.8. The molecule has 0 fully saturated rings. The van der Waals surface area contributed by atoms with Gasteiger partial charge >= 0.3 is 5.97 Å². The van der Waals surface area contributed by atoms with Crippen molar-refractivity contribution in [3.05, 3.63) is 66.0 Å². The smallest absolute Gasteiger partial charge is 0.337 e. The summed E-state index contributed by atoms with van der Waals surface area (Å²) in [6, 6.07) is 12.8. The lowest BCUT2D eigenvalue weighted by Gasteiger charge is -2.10. The number of phenolic OH excluding ortho intramolecular Hbond substituents is 1. The lowest BCUT2D eigenvalue weighted by atomic mass is 10.1. The average Bonchev–Trinajstić information content (AvgIpc) is 3.29. The first-order valence-corrected chi connectivity index (χ1v) is 9.75. The predicted molar refractivity (Wildman–Crippen MR) is 119 cm³/mol. The lowest BCUT2D eigenvalue weighted by molar-refractivity contribution is 0.0600. The summed E-state index contributed by atoms with van der Waals surface area (Å²) in [6.45, 7) is 0. The van der Waals surface area contributed by atoms with E-state index in [1.54, 1.807) is 38.6 Å². The first kappa shape index (κ1) is 21.6. The first-order chi connectivity index (χ1) is 15.9. The van der Waals surface area contributed by atoms with Crippen LogP contribution in [0.25, 0.3) is 16.9 Å². The second-order valence-electron chi connectivity index (χ2n) is 6.88. The molecule has 4 rings (SSSR count). The number of amides is 1. The molecule has 0 spiro atoms. The molecule has 0 atom stereocenters. The first-order valence-electron chi connectivity index (χ1n) is 9.75. The van der Waals surface area contributed by atoms with Gasteiger partial charge in [0.05, 0.1) is 38.3 Å². The zero-order valence-electron chi connectivity index (χ0n) is 18.0. The van der Waals surface area contributed by atoms with Gasteiger partial charge < -0.3 is 24.6 Å². The molecule has 0 aliphatic heterocycles. The molecule has 0 saturated carbocycles. The van der Waals surface area contributed by atoms with Crippen molar-refractivity contribution < 1.29 is 28.9 Å². The van der Waals surface area contributed by atoms with E-state index in [1.807, 2.05) is 6.07 Å². The second-order valence-corrected chi connectivity index (χ2v) is 6.88. The van der Waals surface area contributed by atoms with Gasteiger partial charge in [0.1, 0.15) is 5.75 Å². The quantitative estimate of drug-likeness (QED) is 0.341. The van der Waals surface area contributed by atoms with Gasteiger partial charge in [0.15, 0.2) is 22.8 Å². The third kappa shape index (κ3) is 4.13. The van der Waals surface area contributed by atoms with Gasteiger partial charge in [-0.25, -0.2) is 14.3 Å². The van der Waals surface area contributed by atoms with Crippen molar-refractivity contribution in [3.8, 4) is 28.5 Å². The number of methoxy groups -OCH3 is 3. The summed E-state index contributed by atoms with van der Waals surface area (Å²) in [5.41, 5.74) is 2.29. The number of hydrogen-bond donors (Lipinski definition) is 2. The number of rotatable bonds is 6. The number of ether oxygens (including phenoxy) is 3. The van der Waals surface area contributed by atoms with E-state index in [-0.39, 0.29) is 22.7 Å². The van der Waals surface area contributed by atoms with Gasteiger partial charge in [-0.3, -0.25) is 4.79 Å². The Morgan fingerprint density at radius 3 is 2.45 bits per heavy atom. The molecule has 2 N–H and O–H groups in total. The molecule has 0 aliphatic rings. The zero-order chi connectivity index (χ0) is 23.5. The summed E-state index contributed by atoms with van der Waals surface area (Å²) in [5.74, 6) is -0.294. The Morgan fingerprint density at radius 1 is 0.970 bits per heavy atom. The van der Waals surface area contributed by atoms with Crippen molar-refractivity contribution in [3.63, 3.8) is 0 Å². The number of aromatic nitrogens is 3. The van der Waals surface area contributed by atoms with Crippen LogP contribution in [-0.4, -0.2) is 52.9 Å². The van der Waals surface area contributed by atoms with Gasteiger partial charge in [-0.05, 0) is 42.5 Å². The Bertz CT molecular complexity index is 1360. The van der Waals surface area contributed by atoms with Crippen LogP contribution in [0.5, 0.6) is 17.2 Å². The van der Waals surface area contributed by atoms with Crippen molar-refractivity contribution in [1.82, 2.24) is 14.6 Å². The molecular formula is C23H20N4O6. The second kappa shape index (κ2) is 8.87. The number of carbonyl (C=O) groups is 2. The van der Waals surface area contributed by atoms with Gasteiger partial charge in [-0.2, -0.15) is 5.10 Å². The van der Waals surface area contributed by atoms with Crippen LogP contribution in [-0.2, 0) is 4.74 Å². The number of benzene rings is 2. The summed E-state index contributed by atoms with van der Waals surface area (Å²) in [6.07, 6.45) is 1.61. The molecule has 2 aromatic heterocycles. The van der Waals surface area contributed by atoms with Crippen LogP contribution in [0.4, 0.5) is 5.69 Å². The van der Waals surface area contributed by atoms with E-state index >= 15 is 0 Å². The van der Waals surface area contributed by atoms with Crippen LogP contribution in [0.2, 0.25) is 0 Å². The number of phenols is 1. The van der Waals surface area contributed by atoms with Crippen molar-refractivity contribution >= 4 is 23.2 Å². The van der Waals surface area contributed by atoms with Crippen LogP contribution in [0, 0.1) is 0 Å². The van der Waals surface area contributed by atoms with E-state index in [0.29, 0.717) is 22.8 Å². The van der Waals surface area contributed by atoms with Crippen molar-refractivity contribution in [2.24, 2.45) is 0 Å². The fraction of sp³-hybridized carbons (Fsp3) is 0.130. The molecule has 2 heterocycles. The third-order valence-corrected chi connectivity index (χ3v) is 4.94. The minimum atomic E-state index is -0.600. The Morgan fingerprint density at radius 2 is 1.76 bits per heavy atom. The molecule has 0 bridgehead atoms. The molecule has 0 radical (unpaired) electrons. The molecule has 168 valence electrons. The Labute approximate surface area is 188 Å². The highest BCUT2D eigenvalue weighted by Gasteiger charge is 2.17. The van der Waals surface area contributed by atoms with Crippen LogP contribution >= 0.6 is 0 Å². The van der Waals surface area contributed by atoms with E-state index in [0.717, 1.165) is 5.56 Å². The fourth-order valence-corrected chi connectivity index (χ4v) is 3.29. The van der Waals surface area contributed by atoms with E-state index < -0.39 is 11.9 Å². The Balaban J connectivity index is 1.65. The fourth-order valence-electron chi connectivity index (χ4n) is 3.29. The normalized spacial score (nSPS) is 10.6. The van der Waals surface area contributed by atoms with Gasteiger partial charge in [0.2, 0.25) is 0 Å². The van der Waals surface area contributed by atoms with Gasteiger partial charge in [0.25, 0.3) is 5.91 Å². The van der Waals surface area contributed by atoms with E-state index in [4.69, 9.17) is 9.47 Å². The number of nitrogens with one attached hydrogen (secondary N) is 1. The SMILES string of the molecule is COC(=O)c1ccc(NC(=O)c2cc3nccc(-c4ccc(OC)c(OC)c4)n3n2)c(O)c1. The Kier molecular flexibility index (Phi) is 5.81. The minimum absolute atomic E-state index is 0.0897. The summed E-state index contributed by atoms with van der Waals surface area (Å²) >= 11 is 0. The lowest BCUT2D eigenvalue weighted by Crippen LogP contribution is -2.13. The molecule has 33 heavy (non-hydrogen) atoms. The maximum absolute atomic E-state index is 12.8.